The Hall–Kier alpha value is -0.920. The smallest absolute Gasteiger partial charge is 0.260 e. The Balaban J connectivity index is 2.00. The van der Waals surface area contributed by atoms with Gasteiger partial charge in [0.25, 0.3) is 5.56 Å². The zero-order chi connectivity index (χ0) is 12.7. The second-order valence-corrected chi connectivity index (χ2v) is 6.82. The normalized spacial score (nSPS) is 17.6. The molecule has 5 nitrogen and oxygen atoms in total. The van der Waals surface area contributed by atoms with E-state index in [9.17, 15) is 4.79 Å². The Labute approximate surface area is 117 Å². The van der Waals surface area contributed by atoms with Crippen LogP contribution in [-0.2, 0) is 0 Å². The third-order valence-electron chi connectivity index (χ3n) is 3.15. The Morgan fingerprint density at radius 1 is 1.33 bits per heavy atom. The van der Waals surface area contributed by atoms with Crippen LogP contribution in [0.2, 0.25) is 0 Å². The van der Waals surface area contributed by atoms with Crippen molar-refractivity contribution in [2.75, 3.05) is 38.1 Å². The van der Waals surface area contributed by atoms with Gasteiger partial charge in [-0.2, -0.15) is 0 Å². The second-order valence-electron chi connectivity index (χ2n) is 4.43. The molecule has 1 fully saturated rings. The summed E-state index contributed by atoms with van der Waals surface area (Å²) in [6, 6.07) is 1.62. The minimum absolute atomic E-state index is 0.0177. The summed E-state index contributed by atoms with van der Waals surface area (Å²) in [4.78, 5) is 21.8. The monoisotopic (exact) mass is 328 g/mol. The number of anilines is 1. The molecule has 1 saturated heterocycles. The summed E-state index contributed by atoms with van der Waals surface area (Å²) in [6.07, 6.45) is 1.77. The number of thiazole rings is 1. The molecule has 18 heavy (non-hydrogen) atoms. The van der Waals surface area contributed by atoms with Gasteiger partial charge in [0.2, 0.25) is 0 Å². The van der Waals surface area contributed by atoms with Gasteiger partial charge in [0, 0.05) is 38.4 Å². The van der Waals surface area contributed by atoms with Crippen LogP contribution in [-0.4, -0.2) is 47.5 Å². The first-order valence-corrected chi connectivity index (χ1v) is 7.37. The van der Waals surface area contributed by atoms with E-state index in [2.05, 4.69) is 37.8 Å². The molecule has 3 rings (SSSR count). The first-order valence-electron chi connectivity index (χ1n) is 5.76. The second kappa shape index (κ2) is 4.64. The topological polar surface area (TPSA) is 40.9 Å². The van der Waals surface area contributed by atoms with Gasteiger partial charge in [-0.05, 0) is 23.0 Å². The molecule has 0 aromatic carbocycles. The van der Waals surface area contributed by atoms with Crippen LogP contribution < -0.4 is 10.5 Å². The molecule has 0 N–H and O–H groups in total. The third kappa shape index (κ3) is 2.17. The van der Waals surface area contributed by atoms with E-state index in [1.54, 1.807) is 16.7 Å². The fourth-order valence-corrected chi connectivity index (χ4v) is 3.41. The van der Waals surface area contributed by atoms with Gasteiger partial charge < -0.3 is 9.80 Å². The highest BCUT2D eigenvalue weighted by atomic mass is 79.9. The molecule has 0 saturated carbocycles. The van der Waals surface area contributed by atoms with E-state index in [1.165, 1.54) is 11.3 Å². The van der Waals surface area contributed by atoms with Crippen LogP contribution in [0.3, 0.4) is 0 Å². The molecule has 0 unspecified atom stereocenters. The van der Waals surface area contributed by atoms with Crippen LogP contribution in [0.15, 0.2) is 20.8 Å². The summed E-state index contributed by atoms with van der Waals surface area (Å²) in [5.41, 5.74) is -0.0177. The molecule has 7 heteroatoms. The molecule has 2 aromatic rings. The predicted molar refractivity (Wildman–Crippen MR) is 76.7 cm³/mol. The number of rotatable bonds is 1. The van der Waals surface area contributed by atoms with Crippen molar-refractivity contribution in [3.63, 3.8) is 0 Å². The average molecular weight is 329 g/mol. The van der Waals surface area contributed by atoms with Crippen LogP contribution >= 0.6 is 27.3 Å². The highest BCUT2D eigenvalue weighted by Gasteiger charge is 2.17. The van der Waals surface area contributed by atoms with Crippen LogP contribution in [0.4, 0.5) is 5.82 Å². The van der Waals surface area contributed by atoms with Crippen molar-refractivity contribution in [1.29, 1.82) is 0 Å². The first kappa shape index (κ1) is 12.1. The lowest BCUT2D eigenvalue weighted by Crippen LogP contribution is -2.45. The van der Waals surface area contributed by atoms with Crippen molar-refractivity contribution < 1.29 is 0 Å². The highest BCUT2D eigenvalue weighted by molar-refractivity contribution is 9.11. The number of piperazine rings is 1. The molecule has 0 amide bonds. The molecule has 3 heterocycles. The SMILES string of the molecule is CN1CCN(c2cc(=O)n3cc(Br)sc3n2)CC1. The van der Waals surface area contributed by atoms with Gasteiger partial charge in [-0.15, -0.1) is 0 Å². The summed E-state index contributed by atoms with van der Waals surface area (Å²) in [5, 5.41) is 0. The van der Waals surface area contributed by atoms with E-state index in [-0.39, 0.29) is 5.56 Å². The van der Waals surface area contributed by atoms with Crippen molar-refractivity contribution in [2.24, 2.45) is 0 Å². The van der Waals surface area contributed by atoms with E-state index >= 15 is 0 Å². The fraction of sp³-hybridized carbons (Fsp3) is 0.455. The summed E-state index contributed by atoms with van der Waals surface area (Å²) in [7, 11) is 2.11. The number of halogens is 1. The van der Waals surface area contributed by atoms with E-state index in [0.29, 0.717) is 0 Å². The van der Waals surface area contributed by atoms with Gasteiger partial charge in [0.05, 0.1) is 3.79 Å². The predicted octanol–water partition coefficient (Wildman–Crippen LogP) is 1.27. The van der Waals surface area contributed by atoms with Crippen molar-refractivity contribution in [3.05, 3.63) is 26.4 Å². The summed E-state index contributed by atoms with van der Waals surface area (Å²) < 4.78 is 2.50. The molecule has 0 bridgehead atoms. The van der Waals surface area contributed by atoms with Gasteiger partial charge in [-0.25, -0.2) is 4.98 Å². The number of nitrogens with zero attached hydrogens (tertiary/aromatic N) is 4. The van der Waals surface area contributed by atoms with E-state index in [1.807, 2.05) is 0 Å². The van der Waals surface area contributed by atoms with Crippen molar-refractivity contribution in [2.45, 2.75) is 0 Å². The zero-order valence-corrected chi connectivity index (χ0v) is 12.4. The average Bonchev–Trinajstić information content (AvgIpc) is 2.71. The van der Waals surface area contributed by atoms with Crippen LogP contribution in [0.25, 0.3) is 4.96 Å². The van der Waals surface area contributed by atoms with E-state index in [4.69, 9.17) is 0 Å². The number of aromatic nitrogens is 2. The van der Waals surface area contributed by atoms with Crippen molar-refractivity contribution >= 4 is 38.0 Å². The minimum atomic E-state index is -0.0177. The highest BCUT2D eigenvalue weighted by Crippen LogP contribution is 2.22. The standard InChI is InChI=1S/C11H13BrN4OS/c1-14-2-4-15(5-3-14)9-6-10(17)16-7-8(12)18-11(16)13-9/h6-7H,2-5H2,1H3. The Morgan fingerprint density at radius 2 is 2.06 bits per heavy atom. The lowest BCUT2D eigenvalue weighted by molar-refractivity contribution is 0.312. The molecular weight excluding hydrogens is 316 g/mol. The van der Waals surface area contributed by atoms with Crippen molar-refractivity contribution in [1.82, 2.24) is 14.3 Å². The fourth-order valence-electron chi connectivity index (χ4n) is 2.06. The minimum Gasteiger partial charge on any atom is -0.354 e. The van der Waals surface area contributed by atoms with E-state index in [0.717, 1.165) is 40.7 Å². The van der Waals surface area contributed by atoms with Crippen LogP contribution in [0.5, 0.6) is 0 Å². The summed E-state index contributed by atoms with van der Waals surface area (Å²) in [5.74, 6) is 0.794. The van der Waals surface area contributed by atoms with Gasteiger partial charge in [0.15, 0.2) is 4.96 Å². The Morgan fingerprint density at radius 3 is 2.78 bits per heavy atom. The van der Waals surface area contributed by atoms with Gasteiger partial charge >= 0.3 is 0 Å². The number of fused-ring (bicyclic) bond motifs is 1. The summed E-state index contributed by atoms with van der Waals surface area (Å²) >= 11 is 4.86. The lowest BCUT2D eigenvalue weighted by Gasteiger charge is -2.32. The van der Waals surface area contributed by atoms with Crippen LogP contribution in [0, 0.1) is 0 Å². The molecule has 1 aliphatic rings. The number of hydrogen-bond acceptors (Lipinski definition) is 5. The number of hydrogen-bond donors (Lipinski definition) is 0. The maximum atomic E-state index is 12.0. The molecule has 0 atom stereocenters. The molecule has 1 aliphatic heterocycles. The van der Waals surface area contributed by atoms with E-state index < -0.39 is 0 Å². The van der Waals surface area contributed by atoms with Crippen LogP contribution in [0.1, 0.15) is 0 Å². The third-order valence-corrected chi connectivity index (χ3v) is 4.61. The molecule has 96 valence electrons. The Bertz CT molecular complexity index is 629. The molecule has 0 spiro atoms. The quantitative estimate of drug-likeness (QED) is 0.790. The largest absolute Gasteiger partial charge is 0.354 e. The van der Waals surface area contributed by atoms with Gasteiger partial charge in [-0.3, -0.25) is 9.20 Å². The maximum Gasteiger partial charge on any atom is 0.260 e. The Kier molecular flexibility index (Phi) is 3.13. The molecular formula is C11H13BrN4OS. The number of likely N-dealkylation sites (N-methyl/N-ethyl adjacent to an activating group) is 1. The van der Waals surface area contributed by atoms with Gasteiger partial charge in [-0.1, -0.05) is 11.3 Å². The van der Waals surface area contributed by atoms with Gasteiger partial charge in [0.1, 0.15) is 5.82 Å². The molecule has 0 radical (unpaired) electrons. The first-order chi connectivity index (χ1) is 8.63. The summed E-state index contributed by atoms with van der Waals surface area (Å²) in [6.45, 7) is 3.86. The molecule has 2 aromatic heterocycles. The molecule has 0 aliphatic carbocycles. The lowest BCUT2D eigenvalue weighted by atomic mass is 10.3. The van der Waals surface area contributed by atoms with Crippen molar-refractivity contribution in [3.8, 4) is 0 Å². The maximum absolute atomic E-state index is 12.0. The zero-order valence-electron chi connectivity index (χ0n) is 9.97.